The molecule has 0 saturated carbocycles. The molecule has 0 radical (unpaired) electrons. The Morgan fingerprint density at radius 1 is 1.53 bits per heavy atom. The van der Waals surface area contributed by atoms with E-state index in [-0.39, 0.29) is 6.10 Å². The van der Waals surface area contributed by atoms with Crippen LogP contribution in [-0.2, 0) is 4.74 Å². The zero-order valence-corrected chi connectivity index (χ0v) is 9.36. The van der Waals surface area contributed by atoms with Gasteiger partial charge in [-0.2, -0.15) is 0 Å². The first-order chi connectivity index (χ1) is 7.21. The molecule has 0 N–H and O–H groups in total. The van der Waals surface area contributed by atoms with Crippen LogP contribution in [-0.4, -0.2) is 23.4 Å². The fourth-order valence-electron chi connectivity index (χ4n) is 1.44. The van der Waals surface area contributed by atoms with E-state index in [1.807, 2.05) is 6.92 Å². The van der Waals surface area contributed by atoms with Crippen LogP contribution < -0.4 is 0 Å². The van der Waals surface area contributed by atoms with Gasteiger partial charge in [0.25, 0.3) is 0 Å². The van der Waals surface area contributed by atoms with Gasteiger partial charge in [-0.25, -0.2) is 9.97 Å². The molecule has 4 heteroatoms. The fourth-order valence-corrected chi connectivity index (χ4v) is 1.44. The summed E-state index contributed by atoms with van der Waals surface area (Å²) in [6.45, 7) is 3.92. The molecule has 0 aliphatic heterocycles. The van der Waals surface area contributed by atoms with Crippen molar-refractivity contribution in [2.75, 3.05) is 7.11 Å². The third-order valence-electron chi connectivity index (χ3n) is 2.14. The fraction of sp³-hybridized carbons (Fsp3) is 0.545. The number of carbonyl (C=O) groups is 1. The minimum Gasteiger partial charge on any atom is -0.373 e. The van der Waals surface area contributed by atoms with Crippen LogP contribution >= 0.6 is 0 Å². The van der Waals surface area contributed by atoms with Crippen molar-refractivity contribution < 1.29 is 9.53 Å². The zero-order valence-electron chi connectivity index (χ0n) is 9.36. The molecule has 0 bridgehead atoms. The number of carbonyl (C=O) groups excluding carboxylic acids is 1. The van der Waals surface area contributed by atoms with Gasteiger partial charge < -0.3 is 4.74 Å². The summed E-state index contributed by atoms with van der Waals surface area (Å²) in [7, 11) is 1.63. The number of aromatic nitrogens is 2. The molecule has 0 spiro atoms. The Kier molecular flexibility index (Phi) is 4.37. The summed E-state index contributed by atoms with van der Waals surface area (Å²) in [4.78, 5) is 19.1. The number of nitrogens with zero attached hydrogens (tertiary/aromatic N) is 2. The predicted molar refractivity (Wildman–Crippen MR) is 56.8 cm³/mol. The molecule has 1 heterocycles. The van der Waals surface area contributed by atoms with Gasteiger partial charge in [-0.05, 0) is 19.4 Å². The first-order valence-corrected chi connectivity index (χ1v) is 5.04. The quantitative estimate of drug-likeness (QED) is 0.695. The summed E-state index contributed by atoms with van der Waals surface area (Å²) < 4.78 is 5.29. The molecule has 0 fully saturated rings. The van der Waals surface area contributed by atoms with Crippen molar-refractivity contribution in [1.82, 2.24) is 9.97 Å². The molecule has 0 amide bonds. The summed E-state index contributed by atoms with van der Waals surface area (Å²) >= 11 is 0. The zero-order chi connectivity index (χ0) is 11.3. The number of hydrogen-bond acceptors (Lipinski definition) is 4. The SMILES string of the molecule is CCCC(OC)c1nc(C)cc(C=O)n1. The normalized spacial score (nSPS) is 12.5. The Hall–Kier alpha value is -1.29. The lowest BCUT2D eigenvalue weighted by atomic mass is 10.2. The number of hydrogen-bond donors (Lipinski definition) is 0. The number of aryl methyl sites for hydroxylation is 1. The van der Waals surface area contributed by atoms with Gasteiger partial charge >= 0.3 is 0 Å². The second kappa shape index (κ2) is 5.56. The highest BCUT2D eigenvalue weighted by atomic mass is 16.5. The maximum Gasteiger partial charge on any atom is 0.168 e. The smallest absolute Gasteiger partial charge is 0.168 e. The third-order valence-corrected chi connectivity index (χ3v) is 2.14. The Labute approximate surface area is 89.7 Å². The molecule has 0 aromatic carbocycles. The summed E-state index contributed by atoms with van der Waals surface area (Å²) in [5.74, 6) is 0.599. The topological polar surface area (TPSA) is 52.1 Å². The molecule has 1 aromatic rings. The molecule has 82 valence electrons. The van der Waals surface area contributed by atoms with Crippen LogP contribution in [0.15, 0.2) is 6.07 Å². The minimum absolute atomic E-state index is 0.117. The van der Waals surface area contributed by atoms with Crippen molar-refractivity contribution in [2.24, 2.45) is 0 Å². The monoisotopic (exact) mass is 208 g/mol. The van der Waals surface area contributed by atoms with Crippen LogP contribution in [0.4, 0.5) is 0 Å². The van der Waals surface area contributed by atoms with Crippen LogP contribution in [0, 0.1) is 6.92 Å². The van der Waals surface area contributed by atoms with E-state index in [2.05, 4.69) is 16.9 Å². The first-order valence-electron chi connectivity index (χ1n) is 5.04. The molecule has 0 aliphatic carbocycles. The standard InChI is InChI=1S/C11H16N2O2/c1-4-5-10(15-3)11-12-8(2)6-9(7-14)13-11/h6-7,10H,4-5H2,1-3H3. The second-order valence-corrected chi connectivity index (χ2v) is 3.42. The van der Waals surface area contributed by atoms with E-state index in [4.69, 9.17) is 4.74 Å². The summed E-state index contributed by atoms with van der Waals surface area (Å²) in [6.07, 6.45) is 2.47. The number of rotatable bonds is 5. The van der Waals surface area contributed by atoms with Crippen LogP contribution in [0.25, 0.3) is 0 Å². The largest absolute Gasteiger partial charge is 0.373 e. The Morgan fingerprint density at radius 3 is 2.80 bits per heavy atom. The summed E-state index contributed by atoms with van der Waals surface area (Å²) in [6, 6.07) is 1.66. The van der Waals surface area contributed by atoms with Gasteiger partial charge in [0.2, 0.25) is 0 Å². The minimum atomic E-state index is -0.117. The number of ether oxygens (including phenoxy) is 1. The molecule has 1 unspecified atom stereocenters. The van der Waals surface area contributed by atoms with Gasteiger partial charge in [-0.15, -0.1) is 0 Å². The average molecular weight is 208 g/mol. The van der Waals surface area contributed by atoms with Crippen molar-refractivity contribution in [3.8, 4) is 0 Å². The molecule has 0 saturated heterocycles. The van der Waals surface area contributed by atoms with Gasteiger partial charge in [-0.3, -0.25) is 4.79 Å². The number of methoxy groups -OCH3 is 1. The number of aldehydes is 1. The summed E-state index contributed by atoms with van der Waals surface area (Å²) in [5.41, 5.74) is 1.20. The lowest BCUT2D eigenvalue weighted by Crippen LogP contribution is -2.09. The average Bonchev–Trinajstić information content (AvgIpc) is 2.24. The molecule has 1 aromatic heterocycles. The second-order valence-electron chi connectivity index (χ2n) is 3.42. The third kappa shape index (κ3) is 3.09. The molecule has 4 nitrogen and oxygen atoms in total. The highest BCUT2D eigenvalue weighted by Gasteiger charge is 2.13. The highest BCUT2D eigenvalue weighted by molar-refractivity contribution is 5.71. The summed E-state index contributed by atoms with van der Waals surface area (Å²) in [5, 5.41) is 0. The Bertz CT molecular complexity index is 339. The van der Waals surface area contributed by atoms with Crippen LogP contribution in [0.5, 0.6) is 0 Å². The van der Waals surface area contributed by atoms with Crippen molar-refractivity contribution in [3.05, 3.63) is 23.3 Å². The van der Waals surface area contributed by atoms with Gasteiger partial charge in [0.15, 0.2) is 12.1 Å². The Balaban J connectivity index is 3.00. The lowest BCUT2D eigenvalue weighted by Gasteiger charge is -2.13. The molecule has 1 atom stereocenters. The van der Waals surface area contributed by atoms with Crippen LogP contribution in [0.3, 0.4) is 0 Å². The van der Waals surface area contributed by atoms with E-state index in [0.717, 1.165) is 24.8 Å². The van der Waals surface area contributed by atoms with Gasteiger partial charge in [0, 0.05) is 12.8 Å². The van der Waals surface area contributed by atoms with E-state index in [9.17, 15) is 4.79 Å². The van der Waals surface area contributed by atoms with Crippen molar-refractivity contribution in [3.63, 3.8) is 0 Å². The van der Waals surface area contributed by atoms with E-state index >= 15 is 0 Å². The maximum absolute atomic E-state index is 10.6. The van der Waals surface area contributed by atoms with Crippen molar-refractivity contribution in [2.45, 2.75) is 32.8 Å². The lowest BCUT2D eigenvalue weighted by molar-refractivity contribution is 0.0871. The van der Waals surface area contributed by atoms with E-state index < -0.39 is 0 Å². The molecule has 0 aliphatic rings. The molecular weight excluding hydrogens is 192 g/mol. The first kappa shape index (κ1) is 11.8. The van der Waals surface area contributed by atoms with E-state index in [0.29, 0.717) is 11.5 Å². The van der Waals surface area contributed by atoms with Gasteiger partial charge in [0.05, 0.1) is 0 Å². The molecular formula is C11H16N2O2. The van der Waals surface area contributed by atoms with Crippen molar-refractivity contribution >= 4 is 6.29 Å². The maximum atomic E-state index is 10.6. The highest BCUT2D eigenvalue weighted by Crippen LogP contribution is 2.18. The van der Waals surface area contributed by atoms with Crippen LogP contribution in [0.1, 0.15) is 47.9 Å². The van der Waals surface area contributed by atoms with Gasteiger partial charge in [0.1, 0.15) is 11.8 Å². The molecule has 15 heavy (non-hydrogen) atoms. The molecule has 1 rings (SSSR count). The van der Waals surface area contributed by atoms with Crippen LogP contribution in [0.2, 0.25) is 0 Å². The van der Waals surface area contributed by atoms with E-state index in [1.165, 1.54) is 0 Å². The van der Waals surface area contributed by atoms with Crippen molar-refractivity contribution in [1.29, 1.82) is 0 Å². The van der Waals surface area contributed by atoms with E-state index in [1.54, 1.807) is 13.2 Å². The predicted octanol–water partition coefficient (Wildman–Crippen LogP) is 2.09. The van der Waals surface area contributed by atoms with Gasteiger partial charge in [-0.1, -0.05) is 13.3 Å². The Morgan fingerprint density at radius 2 is 2.27 bits per heavy atom.